The van der Waals surface area contributed by atoms with Crippen LogP contribution in [-0.4, -0.2) is 19.5 Å². The van der Waals surface area contributed by atoms with Crippen molar-refractivity contribution in [1.82, 2.24) is 0 Å². The van der Waals surface area contributed by atoms with Crippen LogP contribution in [-0.2, 0) is 4.74 Å². The van der Waals surface area contributed by atoms with Crippen LogP contribution in [0.1, 0.15) is 48.8 Å². The molecule has 2 atom stereocenters. The number of benzene rings is 7. The molecule has 0 bridgehead atoms. The molecule has 0 fully saturated rings. The predicted octanol–water partition coefficient (Wildman–Crippen LogP) is 12.3. The number of hydrogen-bond acceptors (Lipinski definition) is 3. The van der Waals surface area contributed by atoms with Gasteiger partial charge in [0, 0.05) is 11.1 Å². The number of para-hydroxylation sites is 1. The molecular formula is C48H42O3. The monoisotopic (exact) mass is 666 g/mol. The largest absolute Gasteiger partial charge is 0.490 e. The summed E-state index contributed by atoms with van der Waals surface area (Å²) in [6, 6.07) is 57.6. The van der Waals surface area contributed by atoms with Gasteiger partial charge < -0.3 is 14.2 Å². The van der Waals surface area contributed by atoms with E-state index in [4.69, 9.17) is 14.2 Å². The lowest BCUT2D eigenvalue weighted by Gasteiger charge is -2.27. The normalized spacial score (nSPS) is 13.4. The van der Waals surface area contributed by atoms with Crippen LogP contribution in [0.15, 0.2) is 164 Å². The Kier molecular flexibility index (Phi) is 9.38. The van der Waals surface area contributed by atoms with Crippen molar-refractivity contribution in [2.24, 2.45) is 0 Å². The van der Waals surface area contributed by atoms with E-state index in [-0.39, 0.29) is 5.92 Å². The smallest absolute Gasteiger partial charge is 0.211 e. The summed E-state index contributed by atoms with van der Waals surface area (Å²) in [6.45, 7) is 5.22. The topological polar surface area (TPSA) is 27.7 Å². The van der Waals surface area contributed by atoms with E-state index in [1.165, 1.54) is 33.2 Å². The molecule has 1 aliphatic rings. The quantitative estimate of drug-likeness (QED) is 0.0959. The van der Waals surface area contributed by atoms with E-state index in [2.05, 4.69) is 166 Å². The summed E-state index contributed by atoms with van der Waals surface area (Å²) >= 11 is 0. The fourth-order valence-electron chi connectivity index (χ4n) is 7.37. The third kappa shape index (κ3) is 6.66. The molecule has 0 saturated carbocycles. The molecule has 2 unspecified atom stereocenters. The molecule has 0 spiro atoms. The highest BCUT2D eigenvalue weighted by Gasteiger charge is 2.36. The molecule has 1 aliphatic carbocycles. The lowest BCUT2D eigenvalue weighted by Crippen LogP contribution is -2.30. The van der Waals surface area contributed by atoms with E-state index >= 15 is 0 Å². The maximum Gasteiger partial charge on any atom is 0.211 e. The molecule has 3 heteroatoms. The van der Waals surface area contributed by atoms with E-state index in [0.29, 0.717) is 19.1 Å². The fraction of sp³-hybridized carbons (Fsp3) is 0.167. The number of fused-ring (bicyclic) bond motifs is 4. The van der Waals surface area contributed by atoms with Crippen molar-refractivity contribution in [3.05, 3.63) is 180 Å². The van der Waals surface area contributed by atoms with Crippen LogP contribution in [0.2, 0.25) is 0 Å². The molecule has 0 heterocycles. The van der Waals surface area contributed by atoms with Gasteiger partial charge in [0.2, 0.25) is 6.29 Å². The Morgan fingerprint density at radius 1 is 0.529 bits per heavy atom. The van der Waals surface area contributed by atoms with Crippen molar-refractivity contribution in [3.8, 4) is 44.9 Å². The molecular weight excluding hydrogens is 625 g/mol. The van der Waals surface area contributed by atoms with Gasteiger partial charge in [0.1, 0.15) is 18.1 Å². The second-order valence-electron chi connectivity index (χ2n) is 13.3. The maximum atomic E-state index is 6.88. The van der Waals surface area contributed by atoms with Gasteiger partial charge in [-0.2, -0.15) is 0 Å². The number of ether oxygens (including phenoxy) is 3. The first-order valence-corrected chi connectivity index (χ1v) is 18.0. The van der Waals surface area contributed by atoms with Crippen molar-refractivity contribution < 1.29 is 14.2 Å². The Labute approximate surface area is 301 Å². The Balaban J connectivity index is 1.10. The maximum absolute atomic E-state index is 6.88. The van der Waals surface area contributed by atoms with Crippen LogP contribution in [0.25, 0.3) is 44.2 Å². The van der Waals surface area contributed by atoms with E-state index in [1.54, 1.807) is 0 Å². The molecule has 3 nitrogen and oxygen atoms in total. The molecule has 0 N–H and O–H groups in total. The highest BCUT2D eigenvalue weighted by atomic mass is 16.7. The lowest BCUT2D eigenvalue weighted by atomic mass is 9.95. The molecule has 0 radical (unpaired) electrons. The van der Waals surface area contributed by atoms with Gasteiger partial charge in [-0.25, -0.2) is 0 Å². The molecule has 0 aromatic heterocycles. The van der Waals surface area contributed by atoms with Gasteiger partial charge in [-0.05, 0) is 74.2 Å². The standard InChI is InChI=1S/C48H42O3/c1-3-33(2)36-25-26-38-32-39(28-27-37(38)31-36)51-48(46-44-21-12-10-19-42(44)43-20-11-13-22-45(43)46)50-30-29-49-47-40(34-15-6-4-7-16-34)23-14-24-41(47)35-17-8-5-9-18-35/h4-28,31-33,46,48H,3,29-30H2,1-2H3. The predicted molar refractivity (Wildman–Crippen MR) is 210 cm³/mol. The van der Waals surface area contributed by atoms with Crippen LogP contribution in [0.4, 0.5) is 0 Å². The minimum atomic E-state index is -0.576. The van der Waals surface area contributed by atoms with Crippen LogP contribution in [0.3, 0.4) is 0 Å². The van der Waals surface area contributed by atoms with E-state index in [9.17, 15) is 0 Å². The first kappa shape index (κ1) is 32.6. The Morgan fingerprint density at radius 3 is 1.71 bits per heavy atom. The van der Waals surface area contributed by atoms with Gasteiger partial charge in [-0.15, -0.1) is 0 Å². The molecule has 0 aliphatic heterocycles. The Bertz CT molecular complexity index is 2160. The second-order valence-corrected chi connectivity index (χ2v) is 13.3. The summed E-state index contributed by atoms with van der Waals surface area (Å²) in [5.41, 5.74) is 10.6. The molecule has 7 aromatic carbocycles. The van der Waals surface area contributed by atoms with Gasteiger partial charge >= 0.3 is 0 Å². The average molecular weight is 667 g/mol. The van der Waals surface area contributed by atoms with E-state index in [0.717, 1.165) is 45.6 Å². The third-order valence-corrected chi connectivity index (χ3v) is 10.2. The minimum absolute atomic E-state index is 0.0997. The van der Waals surface area contributed by atoms with Crippen molar-refractivity contribution in [1.29, 1.82) is 0 Å². The molecule has 51 heavy (non-hydrogen) atoms. The van der Waals surface area contributed by atoms with E-state index in [1.807, 2.05) is 12.1 Å². The van der Waals surface area contributed by atoms with E-state index < -0.39 is 6.29 Å². The highest BCUT2D eigenvalue weighted by molar-refractivity contribution is 5.85. The Hall–Kier alpha value is -5.64. The highest BCUT2D eigenvalue weighted by Crippen LogP contribution is 2.47. The van der Waals surface area contributed by atoms with Gasteiger partial charge in [0.05, 0.1) is 12.5 Å². The lowest BCUT2D eigenvalue weighted by molar-refractivity contribution is -0.0948. The fourth-order valence-corrected chi connectivity index (χ4v) is 7.37. The van der Waals surface area contributed by atoms with Crippen molar-refractivity contribution in [2.75, 3.05) is 13.2 Å². The third-order valence-electron chi connectivity index (χ3n) is 10.2. The first-order valence-electron chi connectivity index (χ1n) is 18.0. The van der Waals surface area contributed by atoms with Crippen LogP contribution in [0.5, 0.6) is 11.5 Å². The summed E-state index contributed by atoms with van der Waals surface area (Å²) in [5.74, 6) is 2.06. The minimum Gasteiger partial charge on any atom is -0.490 e. The summed E-state index contributed by atoms with van der Waals surface area (Å²) in [6.07, 6.45) is 0.541. The van der Waals surface area contributed by atoms with Crippen LogP contribution >= 0.6 is 0 Å². The zero-order valence-corrected chi connectivity index (χ0v) is 29.2. The summed E-state index contributed by atoms with van der Waals surface area (Å²) in [4.78, 5) is 0. The molecule has 7 aromatic rings. The average Bonchev–Trinajstić information content (AvgIpc) is 3.53. The van der Waals surface area contributed by atoms with Crippen LogP contribution in [0, 0.1) is 0 Å². The molecule has 0 amide bonds. The summed E-state index contributed by atoms with van der Waals surface area (Å²) < 4.78 is 20.4. The van der Waals surface area contributed by atoms with Gasteiger partial charge in [0.15, 0.2) is 0 Å². The van der Waals surface area contributed by atoms with Gasteiger partial charge in [-0.1, -0.05) is 166 Å². The van der Waals surface area contributed by atoms with Gasteiger partial charge in [0.25, 0.3) is 0 Å². The summed E-state index contributed by atoms with van der Waals surface area (Å²) in [5, 5.41) is 2.37. The summed E-state index contributed by atoms with van der Waals surface area (Å²) in [7, 11) is 0. The SMILES string of the molecule is CCC(C)c1ccc2cc(OC(OCCOc3c(-c4ccccc4)cccc3-c3ccccc3)C3c4ccccc4-c4ccccc43)ccc2c1. The van der Waals surface area contributed by atoms with Gasteiger partial charge in [-0.3, -0.25) is 0 Å². The molecule has 252 valence electrons. The van der Waals surface area contributed by atoms with Crippen molar-refractivity contribution in [2.45, 2.75) is 38.4 Å². The first-order chi connectivity index (χ1) is 25.2. The molecule has 8 rings (SSSR count). The Morgan fingerprint density at radius 2 is 1.08 bits per heavy atom. The zero-order chi connectivity index (χ0) is 34.6. The van der Waals surface area contributed by atoms with Crippen LogP contribution < -0.4 is 9.47 Å². The number of rotatable bonds is 12. The van der Waals surface area contributed by atoms with Crippen molar-refractivity contribution in [3.63, 3.8) is 0 Å². The zero-order valence-electron chi connectivity index (χ0n) is 29.2. The number of hydrogen-bond donors (Lipinski definition) is 0. The second kappa shape index (κ2) is 14.7. The van der Waals surface area contributed by atoms with Crippen molar-refractivity contribution >= 4 is 10.8 Å². The molecule has 0 saturated heterocycles.